The zero-order chi connectivity index (χ0) is 28.2. The zero-order valence-corrected chi connectivity index (χ0v) is 23.0. The fourth-order valence-corrected chi connectivity index (χ4v) is 4.74. The van der Waals surface area contributed by atoms with Crippen LogP contribution in [-0.2, 0) is 4.74 Å². The molecule has 1 aliphatic heterocycles. The van der Waals surface area contributed by atoms with Gasteiger partial charge in [0.05, 0.1) is 18.1 Å². The molecule has 1 aliphatic rings. The minimum atomic E-state index is -0.547. The van der Waals surface area contributed by atoms with Crippen LogP contribution in [0.2, 0.25) is 0 Å². The smallest absolute Gasteiger partial charge is 0.293 e. The molecule has 1 aromatic heterocycles. The molecule has 0 spiro atoms. The van der Waals surface area contributed by atoms with Crippen molar-refractivity contribution in [1.29, 1.82) is 0 Å². The van der Waals surface area contributed by atoms with Crippen LogP contribution in [-0.4, -0.2) is 47.2 Å². The normalized spacial score (nSPS) is 14.1. The van der Waals surface area contributed by atoms with Crippen molar-refractivity contribution in [2.45, 2.75) is 26.2 Å². The Balaban J connectivity index is 1.23. The molecule has 1 saturated heterocycles. The minimum absolute atomic E-state index is 0.0668. The second-order valence-corrected chi connectivity index (χ2v) is 10.0. The summed E-state index contributed by atoms with van der Waals surface area (Å²) in [5.41, 5.74) is 4.68. The van der Waals surface area contributed by atoms with Gasteiger partial charge in [0.2, 0.25) is 5.89 Å². The van der Waals surface area contributed by atoms with Crippen molar-refractivity contribution in [1.82, 2.24) is 10.3 Å². The number of nitro benzene ring substituents is 1. The quantitative estimate of drug-likeness (QED) is 0.162. The lowest BCUT2D eigenvalue weighted by Crippen LogP contribution is -2.37. The van der Waals surface area contributed by atoms with Crippen LogP contribution < -0.4 is 15.5 Å². The van der Waals surface area contributed by atoms with Gasteiger partial charge in [-0.1, -0.05) is 19.9 Å². The predicted molar refractivity (Wildman–Crippen MR) is 158 cm³/mol. The molecule has 0 saturated carbocycles. The van der Waals surface area contributed by atoms with Crippen LogP contribution in [0.4, 0.5) is 17.1 Å². The molecule has 40 heavy (non-hydrogen) atoms. The molecule has 5 rings (SSSR count). The molecular formula is C29H29N5O5S. The summed E-state index contributed by atoms with van der Waals surface area (Å²) in [5, 5.41) is 17.3. The van der Waals surface area contributed by atoms with E-state index in [1.807, 2.05) is 23.1 Å². The third kappa shape index (κ3) is 5.95. The number of carbonyl (C=O) groups is 1. The minimum Gasteiger partial charge on any atom is -0.436 e. The van der Waals surface area contributed by atoms with E-state index in [2.05, 4.69) is 41.6 Å². The molecule has 206 valence electrons. The Morgan fingerprint density at radius 1 is 1.12 bits per heavy atom. The van der Waals surface area contributed by atoms with Gasteiger partial charge < -0.3 is 19.4 Å². The van der Waals surface area contributed by atoms with E-state index in [9.17, 15) is 14.9 Å². The van der Waals surface area contributed by atoms with E-state index >= 15 is 0 Å². The summed E-state index contributed by atoms with van der Waals surface area (Å²) in [5.74, 6) is 0.415. The van der Waals surface area contributed by atoms with Gasteiger partial charge >= 0.3 is 0 Å². The van der Waals surface area contributed by atoms with Crippen LogP contribution in [0.25, 0.3) is 22.6 Å². The SMILES string of the molecule is CC[C@H](C)c1ccc2oc(-c3ccc(NC(=S)NC(=O)c4ccc(N5CCOCC5)c([N+](=O)[O-])c4)cc3)nc2c1. The number of hydrogen-bond donors (Lipinski definition) is 2. The number of nitrogens with zero attached hydrogens (tertiary/aromatic N) is 3. The first kappa shape index (κ1) is 27.2. The number of carbonyl (C=O) groups excluding carboxylic acids is 1. The molecule has 1 atom stereocenters. The Labute approximate surface area is 236 Å². The number of morpholine rings is 1. The van der Waals surface area contributed by atoms with Crippen LogP contribution in [0.1, 0.15) is 42.1 Å². The number of nitro groups is 1. The number of oxazole rings is 1. The third-order valence-electron chi connectivity index (χ3n) is 7.00. The number of amides is 1. The number of nitrogens with one attached hydrogen (secondary N) is 2. The molecule has 4 aromatic rings. The number of benzene rings is 3. The Hall–Kier alpha value is -4.35. The lowest BCUT2D eigenvalue weighted by atomic mass is 9.98. The summed E-state index contributed by atoms with van der Waals surface area (Å²) in [6, 6.07) is 17.8. The van der Waals surface area contributed by atoms with Crippen molar-refractivity contribution in [2.75, 3.05) is 36.5 Å². The number of fused-ring (bicyclic) bond motifs is 1. The van der Waals surface area contributed by atoms with Crippen molar-refractivity contribution < 1.29 is 18.9 Å². The molecular weight excluding hydrogens is 530 g/mol. The van der Waals surface area contributed by atoms with Gasteiger partial charge in [-0.25, -0.2) is 4.98 Å². The van der Waals surface area contributed by atoms with Gasteiger partial charge in [0.1, 0.15) is 11.2 Å². The topological polar surface area (TPSA) is 123 Å². The predicted octanol–water partition coefficient (Wildman–Crippen LogP) is 5.88. The molecule has 2 heterocycles. The maximum atomic E-state index is 12.8. The molecule has 11 heteroatoms. The second kappa shape index (κ2) is 11.8. The average Bonchev–Trinajstić information content (AvgIpc) is 3.40. The molecule has 2 N–H and O–H groups in total. The van der Waals surface area contributed by atoms with Crippen LogP contribution in [0.15, 0.2) is 65.1 Å². The van der Waals surface area contributed by atoms with Gasteiger partial charge in [-0.2, -0.15) is 0 Å². The summed E-state index contributed by atoms with van der Waals surface area (Å²) in [6.07, 6.45) is 1.05. The molecule has 1 amide bonds. The van der Waals surface area contributed by atoms with Crippen molar-refractivity contribution in [2.24, 2.45) is 0 Å². The maximum Gasteiger partial charge on any atom is 0.293 e. The highest BCUT2D eigenvalue weighted by Crippen LogP contribution is 2.31. The first-order chi connectivity index (χ1) is 19.3. The lowest BCUT2D eigenvalue weighted by Gasteiger charge is -2.28. The van der Waals surface area contributed by atoms with Gasteiger partial charge in [-0.05, 0) is 78.7 Å². The van der Waals surface area contributed by atoms with Crippen LogP contribution >= 0.6 is 12.2 Å². The number of anilines is 2. The van der Waals surface area contributed by atoms with E-state index in [4.69, 9.17) is 21.4 Å². The average molecular weight is 560 g/mol. The number of rotatable bonds is 7. The maximum absolute atomic E-state index is 12.8. The Bertz CT molecular complexity index is 1560. The van der Waals surface area contributed by atoms with Gasteiger partial charge in [-0.15, -0.1) is 0 Å². The molecule has 10 nitrogen and oxygen atoms in total. The van der Waals surface area contributed by atoms with E-state index in [0.717, 1.165) is 23.1 Å². The zero-order valence-electron chi connectivity index (χ0n) is 22.2. The fourth-order valence-electron chi connectivity index (χ4n) is 4.53. The summed E-state index contributed by atoms with van der Waals surface area (Å²) in [4.78, 5) is 30.6. The number of hydrogen-bond acceptors (Lipinski definition) is 8. The van der Waals surface area contributed by atoms with Crippen molar-refractivity contribution >= 4 is 51.4 Å². The monoisotopic (exact) mass is 559 g/mol. The summed E-state index contributed by atoms with van der Waals surface area (Å²) in [7, 11) is 0. The van der Waals surface area contributed by atoms with Crippen LogP contribution in [0.5, 0.6) is 0 Å². The Kier molecular flexibility index (Phi) is 8.04. The molecule has 1 fully saturated rings. The van der Waals surface area contributed by atoms with E-state index in [0.29, 0.717) is 49.5 Å². The van der Waals surface area contributed by atoms with Gasteiger partial charge in [0, 0.05) is 36.0 Å². The highest BCUT2D eigenvalue weighted by molar-refractivity contribution is 7.80. The van der Waals surface area contributed by atoms with Crippen molar-refractivity contribution in [3.05, 3.63) is 81.9 Å². The van der Waals surface area contributed by atoms with Gasteiger partial charge in [0.25, 0.3) is 11.6 Å². The van der Waals surface area contributed by atoms with Crippen molar-refractivity contribution in [3.63, 3.8) is 0 Å². The van der Waals surface area contributed by atoms with E-state index in [1.165, 1.54) is 11.6 Å². The number of thiocarbonyl (C=S) groups is 1. The first-order valence-corrected chi connectivity index (χ1v) is 13.5. The number of ether oxygens (including phenoxy) is 1. The van der Waals surface area contributed by atoms with Crippen LogP contribution in [0.3, 0.4) is 0 Å². The summed E-state index contributed by atoms with van der Waals surface area (Å²) >= 11 is 5.31. The Morgan fingerprint density at radius 2 is 1.88 bits per heavy atom. The molecule has 0 unspecified atom stereocenters. The van der Waals surface area contributed by atoms with Gasteiger partial charge in [-0.3, -0.25) is 20.2 Å². The Morgan fingerprint density at radius 3 is 2.58 bits per heavy atom. The highest BCUT2D eigenvalue weighted by Gasteiger charge is 2.23. The molecule has 0 radical (unpaired) electrons. The number of aromatic nitrogens is 1. The van der Waals surface area contributed by atoms with Gasteiger partial charge in [0.15, 0.2) is 10.7 Å². The first-order valence-electron chi connectivity index (χ1n) is 13.1. The highest BCUT2D eigenvalue weighted by atomic mass is 32.1. The van der Waals surface area contributed by atoms with E-state index in [1.54, 1.807) is 24.3 Å². The second-order valence-electron chi connectivity index (χ2n) is 9.60. The van der Waals surface area contributed by atoms with Crippen molar-refractivity contribution in [3.8, 4) is 11.5 Å². The van der Waals surface area contributed by atoms with E-state index in [-0.39, 0.29) is 16.4 Å². The summed E-state index contributed by atoms with van der Waals surface area (Å²) < 4.78 is 11.3. The fraction of sp³-hybridized carbons (Fsp3) is 0.276. The van der Waals surface area contributed by atoms with E-state index < -0.39 is 10.8 Å². The van der Waals surface area contributed by atoms with Crippen LogP contribution in [0, 0.1) is 10.1 Å². The largest absolute Gasteiger partial charge is 0.436 e. The summed E-state index contributed by atoms with van der Waals surface area (Å²) in [6.45, 7) is 6.43. The third-order valence-corrected chi connectivity index (χ3v) is 7.20. The standard InChI is InChI=1S/C29H29N5O5S/c1-3-18(2)20-7-11-26-23(16-20)31-28(39-26)19-4-8-22(9-5-19)30-29(40)32-27(35)21-6-10-24(25(17-21)34(36)37)33-12-14-38-15-13-33/h4-11,16-18H,3,12-15H2,1-2H3,(H2,30,32,35,40)/t18-/m0/s1. The molecule has 0 bridgehead atoms. The molecule has 0 aliphatic carbocycles. The lowest BCUT2D eigenvalue weighted by molar-refractivity contribution is -0.384. The molecule has 3 aromatic carbocycles.